The van der Waals surface area contributed by atoms with Gasteiger partial charge in [0.05, 0.1) is 17.1 Å². The number of likely N-dealkylation sites (tertiary alicyclic amines) is 1. The summed E-state index contributed by atoms with van der Waals surface area (Å²) in [7, 11) is 1.75. The first-order valence-electron chi connectivity index (χ1n) is 4.21. The van der Waals surface area contributed by atoms with Crippen LogP contribution in [-0.4, -0.2) is 42.2 Å². The van der Waals surface area contributed by atoms with Gasteiger partial charge in [0.15, 0.2) is 0 Å². The highest BCUT2D eigenvalue weighted by molar-refractivity contribution is 7.80. The second kappa shape index (κ2) is 4.16. The zero-order chi connectivity index (χ0) is 9.14. The predicted molar refractivity (Wildman–Crippen MR) is 53.2 cm³/mol. The van der Waals surface area contributed by atoms with E-state index in [1.54, 1.807) is 7.11 Å². The molecule has 1 heterocycles. The van der Waals surface area contributed by atoms with Gasteiger partial charge in [0, 0.05) is 20.2 Å². The van der Waals surface area contributed by atoms with Crippen molar-refractivity contribution in [2.75, 3.05) is 20.2 Å². The van der Waals surface area contributed by atoms with Gasteiger partial charge in [0.2, 0.25) is 0 Å². The zero-order valence-electron chi connectivity index (χ0n) is 7.62. The molecule has 1 saturated heterocycles. The second-order valence-electron chi connectivity index (χ2n) is 3.22. The molecule has 0 radical (unpaired) electrons. The van der Waals surface area contributed by atoms with Crippen molar-refractivity contribution >= 4 is 17.2 Å². The SMILES string of the molecule is COC1CCN(C(C)C(N)=S)C1. The van der Waals surface area contributed by atoms with Crippen LogP contribution in [0.15, 0.2) is 0 Å². The van der Waals surface area contributed by atoms with E-state index in [9.17, 15) is 0 Å². The minimum Gasteiger partial charge on any atom is -0.392 e. The summed E-state index contributed by atoms with van der Waals surface area (Å²) in [4.78, 5) is 2.84. The van der Waals surface area contributed by atoms with Gasteiger partial charge in [-0.2, -0.15) is 0 Å². The molecule has 2 atom stereocenters. The van der Waals surface area contributed by atoms with E-state index in [2.05, 4.69) is 4.90 Å². The first-order chi connectivity index (χ1) is 5.65. The molecule has 1 rings (SSSR count). The van der Waals surface area contributed by atoms with Crippen molar-refractivity contribution in [2.45, 2.75) is 25.5 Å². The highest BCUT2D eigenvalue weighted by Crippen LogP contribution is 2.14. The maximum absolute atomic E-state index is 5.55. The Balaban J connectivity index is 2.41. The van der Waals surface area contributed by atoms with Gasteiger partial charge in [0.25, 0.3) is 0 Å². The van der Waals surface area contributed by atoms with Gasteiger partial charge in [-0.25, -0.2) is 0 Å². The van der Waals surface area contributed by atoms with E-state index in [0.29, 0.717) is 11.1 Å². The molecule has 4 heteroatoms. The molecule has 1 aliphatic rings. The molecule has 1 fully saturated rings. The van der Waals surface area contributed by atoms with E-state index in [1.807, 2.05) is 6.92 Å². The number of hydrogen-bond donors (Lipinski definition) is 1. The Morgan fingerprint density at radius 3 is 2.83 bits per heavy atom. The summed E-state index contributed by atoms with van der Waals surface area (Å²) >= 11 is 4.92. The molecule has 0 aliphatic carbocycles. The molecule has 2 N–H and O–H groups in total. The van der Waals surface area contributed by atoms with Crippen LogP contribution < -0.4 is 5.73 Å². The average molecular weight is 188 g/mol. The van der Waals surface area contributed by atoms with Crippen LogP contribution in [0.5, 0.6) is 0 Å². The molecule has 0 spiro atoms. The zero-order valence-corrected chi connectivity index (χ0v) is 8.43. The van der Waals surface area contributed by atoms with Crippen molar-refractivity contribution in [3.63, 3.8) is 0 Å². The van der Waals surface area contributed by atoms with Gasteiger partial charge in [-0.05, 0) is 13.3 Å². The summed E-state index contributed by atoms with van der Waals surface area (Å²) < 4.78 is 5.25. The van der Waals surface area contributed by atoms with Crippen molar-refractivity contribution in [3.8, 4) is 0 Å². The fourth-order valence-corrected chi connectivity index (χ4v) is 1.63. The maximum atomic E-state index is 5.55. The molecular formula is C8H16N2OS. The van der Waals surface area contributed by atoms with Crippen LogP contribution in [-0.2, 0) is 4.74 Å². The van der Waals surface area contributed by atoms with E-state index in [-0.39, 0.29) is 6.04 Å². The third-order valence-corrected chi connectivity index (χ3v) is 2.81. The van der Waals surface area contributed by atoms with Gasteiger partial charge < -0.3 is 10.5 Å². The lowest BCUT2D eigenvalue weighted by molar-refractivity contribution is 0.106. The van der Waals surface area contributed by atoms with Crippen molar-refractivity contribution < 1.29 is 4.74 Å². The van der Waals surface area contributed by atoms with E-state index >= 15 is 0 Å². The van der Waals surface area contributed by atoms with Crippen LogP contribution in [0.4, 0.5) is 0 Å². The largest absolute Gasteiger partial charge is 0.392 e. The van der Waals surface area contributed by atoms with Crippen LogP contribution in [0.1, 0.15) is 13.3 Å². The molecule has 0 aromatic heterocycles. The topological polar surface area (TPSA) is 38.5 Å². The Morgan fingerprint density at radius 2 is 2.42 bits per heavy atom. The summed E-state index contributed by atoms with van der Waals surface area (Å²) in [5.74, 6) is 0. The highest BCUT2D eigenvalue weighted by atomic mass is 32.1. The number of methoxy groups -OCH3 is 1. The molecule has 0 aromatic carbocycles. The quantitative estimate of drug-likeness (QED) is 0.650. The monoisotopic (exact) mass is 188 g/mol. The third kappa shape index (κ3) is 2.15. The summed E-state index contributed by atoms with van der Waals surface area (Å²) in [6.07, 6.45) is 1.45. The van der Waals surface area contributed by atoms with E-state index in [4.69, 9.17) is 22.7 Å². The van der Waals surface area contributed by atoms with Crippen LogP contribution >= 0.6 is 12.2 Å². The molecule has 3 nitrogen and oxygen atoms in total. The number of hydrogen-bond acceptors (Lipinski definition) is 3. The Morgan fingerprint density at radius 1 is 1.75 bits per heavy atom. The van der Waals surface area contributed by atoms with E-state index in [1.165, 1.54) is 0 Å². The molecule has 0 amide bonds. The molecule has 2 unspecified atom stereocenters. The Labute approximate surface area is 78.9 Å². The molecule has 0 saturated carbocycles. The highest BCUT2D eigenvalue weighted by Gasteiger charge is 2.26. The van der Waals surface area contributed by atoms with Gasteiger partial charge in [-0.3, -0.25) is 4.90 Å². The fourth-order valence-electron chi connectivity index (χ4n) is 1.48. The number of nitrogens with zero attached hydrogens (tertiary/aromatic N) is 1. The van der Waals surface area contributed by atoms with Gasteiger partial charge >= 0.3 is 0 Å². The third-order valence-electron chi connectivity index (χ3n) is 2.47. The lowest BCUT2D eigenvalue weighted by atomic mass is 10.3. The molecule has 70 valence electrons. The van der Waals surface area contributed by atoms with Gasteiger partial charge in [-0.1, -0.05) is 12.2 Å². The van der Waals surface area contributed by atoms with Gasteiger partial charge in [0.1, 0.15) is 0 Å². The van der Waals surface area contributed by atoms with Crippen molar-refractivity contribution in [3.05, 3.63) is 0 Å². The Hall–Kier alpha value is -0.190. The summed E-state index contributed by atoms with van der Waals surface area (Å²) in [6, 6.07) is 0.208. The first-order valence-corrected chi connectivity index (χ1v) is 4.62. The second-order valence-corrected chi connectivity index (χ2v) is 3.69. The van der Waals surface area contributed by atoms with Crippen LogP contribution in [0, 0.1) is 0 Å². The number of rotatable bonds is 3. The molecule has 0 bridgehead atoms. The van der Waals surface area contributed by atoms with Crippen molar-refractivity contribution in [1.29, 1.82) is 0 Å². The lowest BCUT2D eigenvalue weighted by Gasteiger charge is -2.22. The first kappa shape index (κ1) is 9.89. The smallest absolute Gasteiger partial charge is 0.0899 e. The maximum Gasteiger partial charge on any atom is 0.0899 e. The Kier molecular flexibility index (Phi) is 3.43. The van der Waals surface area contributed by atoms with Crippen molar-refractivity contribution in [2.24, 2.45) is 5.73 Å². The lowest BCUT2D eigenvalue weighted by Crippen LogP contribution is -2.40. The number of ether oxygens (including phenoxy) is 1. The van der Waals surface area contributed by atoms with Crippen molar-refractivity contribution in [1.82, 2.24) is 4.90 Å². The van der Waals surface area contributed by atoms with E-state index in [0.717, 1.165) is 19.5 Å². The molecule has 12 heavy (non-hydrogen) atoms. The van der Waals surface area contributed by atoms with Gasteiger partial charge in [-0.15, -0.1) is 0 Å². The number of thiocarbonyl (C=S) groups is 1. The normalized spacial score (nSPS) is 27.3. The number of nitrogens with two attached hydrogens (primary N) is 1. The predicted octanol–water partition coefficient (Wildman–Crippen LogP) is 0.382. The summed E-state index contributed by atoms with van der Waals surface area (Å²) in [6.45, 7) is 4.03. The minimum atomic E-state index is 0.208. The average Bonchev–Trinajstić information content (AvgIpc) is 2.50. The van der Waals surface area contributed by atoms with Crippen LogP contribution in [0.3, 0.4) is 0 Å². The molecular weight excluding hydrogens is 172 g/mol. The summed E-state index contributed by atoms with van der Waals surface area (Å²) in [5.41, 5.74) is 5.55. The van der Waals surface area contributed by atoms with E-state index < -0.39 is 0 Å². The standard InChI is InChI=1S/C8H16N2OS/c1-6(8(9)12)10-4-3-7(5-10)11-2/h6-7H,3-5H2,1-2H3,(H2,9,12). The summed E-state index contributed by atoms with van der Waals surface area (Å²) in [5, 5.41) is 0. The molecule has 1 aliphatic heterocycles. The van der Waals surface area contributed by atoms with Crippen LogP contribution in [0.25, 0.3) is 0 Å². The minimum absolute atomic E-state index is 0.208. The Bertz CT molecular complexity index is 174. The fraction of sp³-hybridized carbons (Fsp3) is 0.875. The van der Waals surface area contributed by atoms with Crippen LogP contribution in [0.2, 0.25) is 0 Å². The molecule has 0 aromatic rings.